The molecule has 0 heterocycles. The molecule has 0 aromatic heterocycles. The van der Waals surface area contributed by atoms with E-state index in [-0.39, 0.29) is 25.5 Å². The zero-order valence-corrected chi connectivity index (χ0v) is 14.5. The van der Waals surface area contributed by atoms with E-state index < -0.39 is 17.8 Å². The van der Waals surface area contributed by atoms with Gasteiger partial charge in [0.15, 0.2) is 0 Å². The number of carbonyl (C=O) groups excluding carboxylic acids is 2. The zero-order chi connectivity index (χ0) is 19.7. The van der Waals surface area contributed by atoms with Crippen LogP contribution in [0, 0.1) is 0 Å². The van der Waals surface area contributed by atoms with E-state index >= 15 is 0 Å². The Morgan fingerprint density at radius 1 is 0.778 bits per heavy atom. The minimum Gasteiger partial charge on any atom is -0.350 e. The van der Waals surface area contributed by atoms with Crippen molar-refractivity contribution < 1.29 is 22.8 Å². The van der Waals surface area contributed by atoms with E-state index in [1.54, 1.807) is 24.3 Å². The molecule has 144 valence electrons. The van der Waals surface area contributed by atoms with Crippen LogP contribution in [0.5, 0.6) is 0 Å². The molecule has 0 fully saturated rings. The third-order valence-corrected chi connectivity index (χ3v) is 3.71. The lowest BCUT2D eigenvalue weighted by Crippen LogP contribution is -2.40. The Bertz CT molecular complexity index is 747. The molecule has 0 saturated heterocycles. The summed E-state index contributed by atoms with van der Waals surface area (Å²) in [5, 5.41) is 7.88. The highest BCUT2D eigenvalue weighted by Crippen LogP contribution is 2.29. The van der Waals surface area contributed by atoms with Crippen LogP contribution in [0.15, 0.2) is 54.6 Å². The summed E-state index contributed by atoms with van der Waals surface area (Å²) >= 11 is 0. The monoisotopic (exact) mass is 379 g/mol. The summed E-state index contributed by atoms with van der Waals surface area (Å²) in [5.74, 6) is -0.222. The number of amides is 3. The fraction of sp³-hybridized carbons (Fsp3) is 0.263. The molecule has 2 aromatic rings. The molecule has 27 heavy (non-hydrogen) atoms. The van der Waals surface area contributed by atoms with Crippen molar-refractivity contribution in [3.63, 3.8) is 0 Å². The lowest BCUT2D eigenvalue weighted by atomic mass is 10.1. The van der Waals surface area contributed by atoms with E-state index in [0.717, 1.165) is 12.1 Å². The first-order valence-corrected chi connectivity index (χ1v) is 8.37. The second kappa shape index (κ2) is 9.61. The molecule has 8 heteroatoms. The van der Waals surface area contributed by atoms with Gasteiger partial charge >= 0.3 is 12.2 Å². The van der Waals surface area contributed by atoms with E-state index in [2.05, 4.69) is 16.0 Å². The number of rotatable bonds is 7. The van der Waals surface area contributed by atoms with Crippen LogP contribution in [0.4, 0.5) is 18.0 Å². The summed E-state index contributed by atoms with van der Waals surface area (Å²) in [6.07, 6.45) is -3.94. The van der Waals surface area contributed by atoms with Gasteiger partial charge in [0.05, 0.1) is 5.56 Å². The van der Waals surface area contributed by atoms with Gasteiger partial charge in [-0.05, 0) is 36.2 Å². The van der Waals surface area contributed by atoms with E-state index in [9.17, 15) is 22.8 Å². The maximum absolute atomic E-state index is 12.5. The van der Waals surface area contributed by atoms with Gasteiger partial charge in [0.2, 0.25) is 0 Å². The van der Waals surface area contributed by atoms with Crippen molar-refractivity contribution in [2.75, 3.05) is 19.6 Å². The van der Waals surface area contributed by atoms with Crippen molar-refractivity contribution >= 4 is 11.9 Å². The summed E-state index contributed by atoms with van der Waals surface area (Å²) in [6.45, 7) is 0.818. The molecule has 2 aromatic carbocycles. The van der Waals surface area contributed by atoms with Gasteiger partial charge in [-0.1, -0.05) is 30.3 Å². The van der Waals surface area contributed by atoms with Gasteiger partial charge in [0.25, 0.3) is 5.91 Å². The smallest absolute Gasteiger partial charge is 0.350 e. The van der Waals surface area contributed by atoms with E-state index in [0.29, 0.717) is 17.5 Å². The molecule has 0 saturated carbocycles. The fourth-order valence-electron chi connectivity index (χ4n) is 2.29. The molecule has 3 amide bonds. The lowest BCUT2D eigenvalue weighted by molar-refractivity contribution is -0.137. The van der Waals surface area contributed by atoms with Crippen molar-refractivity contribution in [3.05, 3.63) is 71.3 Å². The van der Waals surface area contributed by atoms with Gasteiger partial charge in [0.1, 0.15) is 0 Å². The van der Waals surface area contributed by atoms with E-state index in [4.69, 9.17) is 0 Å². The SMILES string of the molecule is O=C(NCCNC(=O)c1ccccc1)NCCc1ccc(C(F)(F)F)cc1. The van der Waals surface area contributed by atoms with Crippen molar-refractivity contribution in [3.8, 4) is 0 Å². The molecule has 3 N–H and O–H groups in total. The van der Waals surface area contributed by atoms with Crippen LogP contribution in [-0.2, 0) is 12.6 Å². The first-order chi connectivity index (χ1) is 12.9. The molecule has 5 nitrogen and oxygen atoms in total. The number of benzene rings is 2. The summed E-state index contributed by atoms with van der Waals surface area (Å²) in [6, 6.07) is 13.1. The predicted octanol–water partition coefficient (Wildman–Crippen LogP) is 2.98. The Kier molecular flexibility index (Phi) is 7.22. The Labute approximate surface area is 155 Å². The maximum atomic E-state index is 12.5. The Hall–Kier alpha value is -3.03. The van der Waals surface area contributed by atoms with Crippen LogP contribution in [-0.4, -0.2) is 31.6 Å². The molecule has 0 unspecified atom stereocenters. The normalized spacial score (nSPS) is 10.9. The number of hydrogen-bond donors (Lipinski definition) is 3. The number of halogens is 3. The van der Waals surface area contributed by atoms with Gasteiger partial charge in [-0.15, -0.1) is 0 Å². The molecule has 0 spiro atoms. The Balaban J connectivity index is 1.60. The molecular weight excluding hydrogens is 359 g/mol. The maximum Gasteiger partial charge on any atom is 0.416 e. The predicted molar refractivity (Wildman–Crippen MR) is 95.3 cm³/mol. The summed E-state index contributed by atoms with van der Waals surface area (Å²) in [4.78, 5) is 23.4. The van der Waals surface area contributed by atoms with Crippen LogP contribution in [0.2, 0.25) is 0 Å². The van der Waals surface area contributed by atoms with E-state index in [1.165, 1.54) is 12.1 Å². The number of urea groups is 1. The minimum atomic E-state index is -4.35. The van der Waals surface area contributed by atoms with Crippen LogP contribution in [0.3, 0.4) is 0 Å². The minimum absolute atomic E-state index is 0.222. The largest absolute Gasteiger partial charge is 0.416 e. The lowest BCUT2D eigenvalue weighted by Gasteiger charge is -2.10. The Morgan fingerprint density at radius 3 is 2.00 bits per heavy atom. The van der Waals surface area contributed by atoms with Crippen molar-refractivity contribution in [2.45, 2.75) is 12.6 Å². The van der Waals surface area contributed by atoms with Gasteiger partial charge in [-0.25, -0.2) is 4.79 Å². The average Bonchev–Trinajstić information content (AvgIpc) is 2.65. The highest BCUT2D eigenvalue weighted by molar-refractivity contribution is 5.94. The molecule has 0 aliphatic heterocycles. The summed E-state index contributed by atoms with van der Waals surface area (Å²) < 4.78 is 37.4. The third-order valence-electron chi connectivity index (χ3n) is 3.71. The van der Waals surface area contributed by atoms with Gasteiger partial charge < -0.3 is 16.0 Å². The van der Waals surface area contributed by atoms with Crippen molar-refractivity contribution in [1.29, 1.82) is 0 Å². The van der Waals surface area contributed by atoms with Gasteiger partial charge in [-0.3, -0.25) is 4.79 Å². The quantitative estimate of drug-likeness (QED) is 0.648. The molecule has 0 bridgehead atoms. The summed E-state index contributed by atoms with van der Waals surface area (Å²) in [5.41, 5.74) is 0.534. The Morgan fingerprint density at radius 2 is 1.37 bits per heavy atom. The first-order valence-electron chi connectivity index (χ1n) is 8.37. The number of alkyl halides is 3. The second-order valence-corrected chi connectivity index (χ2v) is 5.75. The average molecular weight is 379 g/mol. The van der Waals surface area contributed by atoms with Crippen molar-refractivity contribution in [1.82, 2.24) is 16.0 Å². The van der Waals surface area contributed by atoms with Gasteiger partial charge in [-0.2, -0.15) is 13.2 Å². The number of hydrogen-bond acceptors (Lipinski definition) is 2. The fourth-order valence-corrected chi connectivity index (χ4v) is 2.29. The molecular formula is C19H20F3N3O2. The molecule has 0 aliphatic carbocycles. The first kappa shape index (κ1) is 20.3. The number of nitrogens with one attached hydrogen (secondary N) is 3. The van der Waals surface area contributed by atoms with Crippen LogP contribution < -0.4 is 16.0 Å². The number of carbonyl (C=O) groups is 2. The standard InChI is InChI=1S/C19H20F3N3O2/c20-19(21,22)16-8-6-14(7-9-16)10-11-24-18(27)25-13-12-23-17(26)15-4-2-1-3-5-15/h1-9H,10-13H2,(H,23,26)(H2,24,25,27). The van der Waals surface area contributed by atoms with Crippen LogP contribution in [0.25, 0.3) is 0 Å². The topological polar surface area (TPSA) is 70.2 Å². The third kappa shape index (κ3) is 7.01. The van der Waals surface area contributed by atoms with Crippen molar-refractivity contribution in [2.24, 2.45) is 0 Å². The second-order valence-electron chi connectivity index (χ2n) is 5.75. The highest BCUT2D eigenvalue weighted by Gasteiger charge is 2.29. The van der Waals surface area contributed by atoms with Crippen LogP contribution >= 0.6 is 0 Å². The highest BCUT2D eigenvalue weighted by atomic mass is 19.4. The molecule has 0 atom stereocenters. The molecule has 2 rings (SSSR count). The zero-order valence-electron chi connectivity index (χ0n) is 14.5. The molecule has 0 radical (unpaired) electrons. The van der Waals surface area contributed by atoms with Crippen LogP contribution in [0.1, 0.15) is 21.5 Å². The molecule has 0 aliphatic rings. The van der Waals surface area contributed by atoms with E-state index in [1.807, 2.05) is 6.07 Å². The van der Waals surface area contributed by atoms with Gasteiger partial charge in [0, 0.05) is 25.2 Å². The summed E-state index contributed by atoms with van der Waals surface area (Å²) in [7, 11) is 0.